The molecule has 0 fully saturated rings. The Morgan fingerprint density at radius 2 is 0.863 bits per heavy atom. The SMILES string of the molecule is CCCCCCCCCCCCCCCCCCCCCCC(=O)OC(COCCC(C(=O)O)[N+](C)(C)C)COC(=O)CCCCCCCCC. The standard InChI is InChI=1S/C43H83NO7/c1-6-8-10-12-14-15-16-17-18-19-20-21-22-23-24-25-26-28-30-32-34-42(46)51-39(37-49-36-35-40(43(47)48)44(3,4)5)38-50-41(45)33-31-29-27-13-11-9-7-2/h39-40H,6-38H2,1-5H3/p+1. The second-order valence-electron chi connectivity index (χ2n) is 16.0. The lowest BCUT2D eigenvalue weighted by molar-refractivity contribution is -0.887. The predicted octanol–water partition coefficient (Wildman–Crippen LogP) is 11.4. The van der Waals surface area contributed by atoms with Gasteiger partial charge in [-0.15, -0.1) is 0 Å². The quantitative estimate of drug-likeness (QED) is 0.0382. The normalized spacial score (nSPS) is 12.9. The number of ether oxygens (including phenoxy) is 3. The summed E-state index contributed by atoms with van der Waals surface area (Å²) in [4.78, 5) is 36.7. The van der Waals surface area contributed by atoms with E-state index in [0.29, 0.717) is 19.3 Å². The van der Waals surface area contributed by atoms with E-state index in [2.05, 4.69) is 13.8 Å². The zero-order chi connectivity index (χ0) is 37.8. The molecule has 0 aromatic heterocycles. The molecule has 2 atom stereocenters. The average Bonchev–Trinajstić information content (AvgIpc) is 3.08. The lowest BCUT2D eigenvalue weighted by Gasteiger charge is -2.31. The maximum atomic E-state index is 12.7. The van der Waals surface area contributed by atoms with Crippen LogP contribution in [0, 0.1) is 0 Å². The Morgan fingerprint density at radius 3 is 1.22 bits per heavy atom. The molecule has 0 amide bonds. The first-order valence-corrected chi connectivity index (χ1v) is 21.6. The molecule has 8 heteroatoms. The largest absolute Gasteiger partial charge is 0.477 e. The highest BCUT2D eigenvalue weighted by Gasteiger charge is 2.31. The van der Waals surface area contributed by atoms with Gasteiger partial charge in [0, 0.05) is 19.3 Å². The van der Waals surface area contributed by atoms with Crippen LogP contribution in [-0.4, -0.2) is 80.6 Å². The second kappa shape index (κ2) is 35.4. The number of carboxylic acids is 1. The van der Waals surface area contributed by atoms with E-state index in [1.54, 1.807) is 0 Å². The Hall–Kier alpha value is -1.67. The fraction of sp³-hybridized carbons (Fsp3) is 0.930. The van der Waals surface area contributed by atoms with Crippen LogP contribution < -0.4 is 0 Å². The van der Waals surface area contributed by atoms with Crippen molar-refractivity contribution < 1.29 is 38.2 Å². The van der Waals surface area contributed by atoms with Crippen molar-refractivity contribution in [1.82, 2.24) is 0 Å². The molecule has 0 aliphatic heterocycles. The van der Waals surface area contributed by atoms with E-state index in [9.17, 15) is 19.5 Å². The van der Waals surface area contributed by atoms with E-state index >= 15 is 0 Å². The molecule has 0 rings (SSSR count). The van der Waals surface area contributed by atoms with E-state index in [1.807, 2.05) is 21.1 Å². The molecule has 8 nitrogen and oxygen atoms in total. The van der Waals surface area contributed by atoms with Crippen LogP contribution in [0.25, 0.3) is 0 Å². The maximum Gasteiger partial charge on any atom is 0.362 e. The van der Waals surface area contributed by atoms with Gasteiger partial charge in [-0.3, -0.25) is 9.59 Å². The zero-order valence-corrected chi connectivity index (χ0v) is 34.3. The first kappa shape index (κ1) is 49.3. The summed E-state index contributed by atoms with van der Waals surface area (Å²) in [6.45, 7) is 4.72. The highest BCUT2D eigenvalue weighted by atomic mass is 16.6. The molecule has 0 bridgehead atoms. The van der Waals surface area contributed by atoms with E-state index in [4.69, 9.17) is 14.2 Å². The summed E-state index contributed by atoms with van der Waals surface area (Å²) >= 11 is 0. The number of carboxylic acid groups (broad SMARTS) is 1. The van der Waals surface area contributed by atoms with Crippen LogP contribution in [0.3, 0.4) is 0 Å². The maximum absolute atomic E-state index is 12.7. The van der Waals surface area contributed by atoms with Crippen LogP contribution in [0.15, 0.2) is 0 Å². The van der Waals surface area contributed by atoms with Gasteiger partial charge in [0.15, 0.2) is 12.1 Å². The molecule has 0 radical (unpaired) electrons. The van der Waals surface area contributed by atoms with Crippen LogP contribution in [0.1, 0.15) is 206 Å². The molecule has 0 aromatic carbocycles. The number of nitrogens with zero attached hydrogens (tertiary/aromatic N) is 1. The van der Waals surface area contributed by atoms with Gasteiger partial charge < -0.3 is 23.8 Å². The Morgan fingerprint density at radius 1 is 0.510 bits per heavy atom. The fourth-order valence-corrected chi connectivity index (χ4v) is 6.62. The van der Waals surface area contributed by atoms with Crippen LogP contribution in [-0.2, 0) is 28.6 Å². The molecule has 1 N–H and O–H groups in total. The highest BCUT2D eigenvalue weighted by Crippen LogP contribution is 2.16. The molecule has 0 aliphatic carbocycles. The molecule has 0 spiro atoms. The summed E-state index contributed by atoms with van der Waals surface area (Å²) < 4.78 is 17.2. The number of hydrogen-bond acceptors (Lipinski definition) is 6. The third-order valence-corrected chi connectivity index (χ3v) is 10.0. The number of esters is 2. The summed E-state index contributed by atoms with van der Waals surface area (Å²) in [5.74, 6) is -1.46. The molecule has 0 aliphatic rings. The van der Waals surface area contributed by atoms with E-state index in [-0.39, 0.29) is 36.2 Å². The highest BCUT2D eigenvalue weighted by molar-refractivity contribution is 5.72. The number of hydrogen-bond donors (Lipinski definition) is 1. The van der Waals surface area contributed by atoms with E-state index in [0.717, 1.165) is 38.5 Å². The summed E-state index contributed by atoms with van der Waals surface area (Å²) in [5, 5.41) is 9.58. The second-order valence-corrected chi connectivity index (χ2v) is 16.0. The van der Waals surface area contributed by atoms with Crippen LogP contribution in [0.2, 0.25) is 0 Å². The molecule has 0 saturated carbocycles. The first-order valence-electron chi connectivity index (χ1n) is 21.6. The van der Waals surface area contributed by atoms with Gasteiger partial charge >= 0.3 is 17.9 Å². The minimum Gasteiger partial charge on any atom is -0.477 e. The third kappa shape index (κ3) is 33.9. The lowest BCUT2D eigenvalue weighted by atomic mass is 10.0. The van der Waals surface area contributed by atoms with E-state index in [1.165, 1.54) is 135 Å². The van der Waals surface area contributed by atoms with Gasteiger partial charge in [0.1, 0.15) is 6.61 Å². The Labute approximate surface area is 315 Å². The van der Waals surface area contributed by atoms with Gasteiger partial charge in [0.2, 0.25) is 0 Å². The molecule has 51 heavy (non-hydrogen) atoms. The average molecular weight is 727 g/mol. The van der Waals surface area contributed by atoms with Crippen LogP contribution in [0.4, 0.5) is 0 Å². The van der Waals surface area contributed by atoms with Gasteiger partial charge in [0.05, 0.1) is 34.4 Å². The smallest absolute Gasteiger partial charge is 0.362 e. The molecule has 2 unspecified atom stereocenters. The zero-order valence-electron chi connectivity index (χ0n) is 34.3. The molecule has 0 heterocycles. The Bertz CT molecular complexity index is 813. The van der Waals surface area contributed by atoms with Crippen molar-refractivity contribution in [3.8, 4) is 0 Å². The number of quaternary nitrogens is 1. The van der Waals surface area contributed by atoms with Crippen LogP contribution in [0.5, 0.6) is 0 Å². The summed E-state index contributed by atoms with van der Waals surface area (Å²) in [6, 6.07) is -0.606. The number of carbonyl (C=O) groups excluding carboxylic acids is 2. The van der Waals surface area contributed by atoms with Crippen molar-refractivity contribution in [2.24, 2.45) is 0 Å². The van der Waals surface area contributed by atoms with Gasteiger partial charge in [-0.1, -0.05) is 174 Å². The Kier molecular flexibility index (Phi) is 34.2. The summed E-state index contributed by atoms with van der Waals surface area (Å²) in [5.41, 5.74) is 0. The minimum absolute atomic E-state index is 0.0436. The minimum atomic E-state index is -0.872. The van der Waals surface area contributed by atoms with Gasteiger partial charge in [-0.2, -0.15) is 0 Å². The number of unbranched alkanes of at least 4 members (excludes halogenated alkanes) is 25. The monoisotopic (exact) mass is 727 g/mol. The van der Waals surface area contributed by atoms with Gasteiger partial charge in [-0.05, 0) is 12.8 Å². The number of carbonyl (C=O) groups is 3. The van der Waals surface area contributed by atoms with E-state index < -0.39 is 18.1 Å². The van der Waals surface area contributed by atoms with Crippen molar-refractivity contribution in [2.45, 2.75) is 219 Å². The van der Waals surface area contributed by atoms with Crippen molar-refractivity contribution in [3.63, 3.8) is 0 Å². The molecular weight excluding hydrogens is 642 g/mol. The first-order chi connectivity index (χ1) is 24.6. The van der Waals surface area contributed by atoms with Gasteiger partial charge in [0.25, 0.3) is 0 Å². The number of likely N-dealkylation sites (N-methyl/N-ethyl adjacent to an activating group) is 1. The summed E-state index contributed by atoms with van der Waals surface area (Å²) in [6.07, 6.45) is 34.5. The van der Waals surface area contributed by atoms with Gasteiger partial charge in [-0.25, -0.2) is 4.79 Å². The fourth-order valence-electron chi connectivity index (χ4n) is 6.62. The molecular formula is C43H84NO7+. The topological polar surface area (TPSA) is 99.1 Å². The molecule has 302 valence electrons. The van der Waals surface area contributed by atoms with Crippen molar-refractivity contribution in [1.29, 1.82) is 0 Å². The lowest BCUT2D eigenvalue weighted by Crippen LogP contribution is -2.50. The van der Waals surface area contributed by atoms with Crippen molar-refractivity contribution in [3.05, 3.63) is 0 Å². The number of aliphatic carboxylic acids is 1. The van der Waals surface area contributed by atoms with Crippen molar-refractivity contribution >= 4 is 17.9 Å². The predicted molar refractivity (Wildman–Crippen MR) is 211 cm³/mol. The Balaban J connectivity index is 4.16. The summed E-state index contributed by atoms with van der Waals surface area (Å²) in [7, 11) is 5.53. The third-order valence-electron chi connectivity index (χ3n) is 10.0. The molecule has 0 saturated heterocycles. The number of rotatable bonds is 39. The van der Waals surface area contributed by atoms with Crippen LogP contribution >= 0.6 is 0 Å². The van der Waals surface area contributed by atoms with Crippen molar-refractivity contribution in [2.75, 3.05) is 41.0 Å². The molecule has 0 aromatic rings.